The lowest BCUT2D eigenvalue weighted by atomic mass is 9.75. The average Bonchev–Trinajstić information content (AvgIpc) is 2.75. The standard InChI is InChI=1S/C21H30N2O3/c24-20(18-4-6-19(7-5-18)22-10-14-25-15-11-22)21(8-2-1-3-9-21)23-12-16-26-17-13-23/h4-7H,1-3,8-17H2. The van der Waals surface area contributed by atoms with Gasteiger partial charge in [-0.15, -0.1) is 0 Å². The van der Waals surface area contributed by atoms with Crippen molar-refractivity contribution < 1.29 is 14.3 Å². The Kier molecular flexibility index (Phi) is 5.57. The maximum atomic E-state index is 13.6. The van der Waals surface area contributed by atoms with Crippen molar-refractivity contribution in [3.05, 3.63) is 29.8 Å². The van der Waals surface area contributed by atoms with E-state index in [4.69, 9.17) is 9.47 Å². The SMILES string of the molecule is O=C(c1ccc(N2CCOCC2)cc1)C1(N2CCOCC2)CCCCC1. The molecule has 3 fully saturated rings. The number of anilines is 1. The van der Waals surface area contributed by atoms with Gasteiger partial charge in [-0.3, -0.25) is 9.69 Å². The number of ketones is 1. The molecule has 1 aromatic carbocycles. The lowest BCUT2D eigenvalue weighted by molar-refractivity contribution is -0.0264. The summed E-state index contributed by atoms with van der Waals surface area (Å²) < 4.78 is 11.0. The molecule has 0 N–H and O–H groups in total. The van der Waals surface area contributed by atoms with Gasteiger partial charge >= 0.3 is 0 Å². The molecule has 5 heteroatoms. The van der Waals surface area contributed by atoms with Crippen LogP contribution in [-0.4, -0.2) is 68.8 Å². The Hall–Kier alpha value is -1.43. The molecule has 2 aliphatic heterocycles. The largest absolute Gasteiger partial charge is 0.379 e. The summed E-state index contributed by atoms with van der Waals surface area (Å²) in [6.07, 6.45) is 5.51. The van der Waals surface area contributed by atoms with E-state index in [0.717, 1.165) is 83.9 Å². The summed E-state index contributed by atoms with van der Waals surface area (Å²) in [4.78, 5) is 18.3. The van der Waals surface area contributed by atoms with Crippen molar-refractivity contribution in [2.24, 2.45) is 0 Å². The Balaban J connectivity index is 1.55. The number of hydrogen-bond donors (Lipinski definition) is 0. The maximum Gasteiger partial charge on any atom is 0.183 e. The zero-order chi connectivity index (χ0) is 17.8. The zero-order valence-electron chi connectivity index (χ0n) is 15.6. The molecule has 0 spiro atoms. The van der Waals surface area contributed by atoms with Gasteiger partial charge in [0.2, 0.25) is 0 Å². The van der Waals surface area contributed by atoms with Crippen LogP contribution in [0.2, 0.25) is 0 Å². The van der Waals surface area contributed by atoms with Crippen molar-refractivity contribution >= 4 is 11.5 Å². The lowest BCUT2D eigenvalue weighted by Crippen LogP contribution is -2.59. The monoisotopic (exact) mass is 358 g/mol. The van der Waals surface area contributed by atoms with Crippen LogP contribution in [0.5, 0.6) is 0 Å². The van der Waals surface area contributed by atoms with Crippen LogP contribution >= 0.6 is 0 Å². The van der Waals surface area contributed by atoms with Crippen molar-refractivity contribution in [3.8, 4) is 0 Å². The zero-order valence-corrected chi connectivity index (χ0v) is 15.6. The quantitative estimate of drug-likeness (QED) is 0.774. The van der Waals surface area contributed by atoms with Gasteiger partial charge in [-0.1, -0.05) is 19.3 Å². The number of rotatable bonds is 4. The van der Waals surface area contributed by atoms with Gasteiger partial charge in [-0.25, -0.2) is 0 Å². The number of benzene rings is 1. The molecule has 0 aromatic heterocycles. The third-order valence-corrected chi connectivity index (χ3v) is 6.23. The summed E-state index contributed by atoms with van der Waals surface area (Å²) in [7, 11) is 0. The highest BCUT2D eigenvalue weighted by atomic mass is 16.5. The second-order valence-electron chi connectivity index (χ2n) is 7.67. The number of carbonyl (C=O) groups excluding carboxylic acids is 1. The molecule has 26 heavy (non-hydrogen) atoms. The van der Waals surface area contributed by atoms with Crippen LogP contribution in [0.1, 0.15) is 42.5 Å². The molecule has 3 aliphatic rings. The van der Waals surface area contributed by atoms with Crippen LogP contribution < -0.4 is 4.90 Å². The normalized spacial score (nSPS) is 24.4. The van der Waals surface area contributed by atoms with E-state index in [2.05, 4.69) is 21.9 Å². The molecule has 0 amide bonds. The van der Waals surface area contributed by atoms with Gasteiger partial charge < -0.3 is 14.4 Å². The van der Waals surface area contributed by atoms with E-state index in [1.807, 2.05) is 12.1 Å². The fourth-order valence-electron chi connectivity index (χ4n) is 4.73. The van der Waals surface area contributed by atoms with E-state index >= 15 is 0 Å². The third-order valence-electron chi connectivity index (χ3n) is 6.23. The molecule has 2 saturated heterocycles. The molecule has 1 aromatic rings. The van der Waals surface area contributed by atoms with E-state index in [-0.39, 0.29) is 5.54 Å². The second kappa shape index (κ2) is 8.07. The van der Waals surface area contributed by atoms with Crippen LogP contribution in [0.25, 0.3) is 0 Å². The van der Waals surface area contributed by atoms with Crippen LogP contribution in [0.4, 0.5) is 5.69 Å². The highest BCUT2D eigenvalue weighted by Gasteiger charge is 2.45. The fourth-order valence-corrected chi connectivity index (χ4v) is 4.73. The molecular formula is C21H30N2O3. The predicted molar refractivity (Wildman–Crippen MR) is 102 cm³/mol. The molecule has 0 radical (unpaired) electrons. The smallest absolute Gasteiger partial charge is 0.183 e. The van der Waals surface area contributed by atoms with Gasteiger partial charge in [0.15, 0.2) is 5.78 Å². The highest BCUT2D eigenvalue weighted by Crippen LogP contribution is 2.37. The van der Waals surface area contributed by atoms with Gasteiger partial charge in [0.25, 0.3) is 0 Å². The van der Waals surface area contributed by atoms with Crippen LogP contribution in [0.15, 0.2) is 24.3 Å². The predicted octanol–water partition coefficient (Wildman–Crippen LogP) is 2.74. The Morgan fingerprint density at radius 3 is 2.00 bits per heavy atom. The summed E-state index contributed by atoms with van der Waals surface area (Å²) in [6, 6.07) is 8.27. The molecule has 1 saturated carbocycles. The Morgan fingerprint density at radius 1 is 0.808 bits per heavy atom. The van der Waals surface area contributed by atoms with Gasteiger partial charge in [-0.2, -0.15) is 0 Å². The first kappa shape index (κ1) is 18.0. The van der Waals surface area contributed by atoms with E-state index in [1.54, 1.807) is 0 Å². The van der Waals surface area contributed by atoms with Gasteiger partial charge in [0, 0.05) is 37.4 Å². The van der Waals surface area contributed by atoms with Crippen molar-refractivity contribution in [1.82, 2.24) is 4.90 Å². The lowest BCUT2D eigenvalue weighted by Gasteiger charge is -2.46. The van der Waals surface area contributed by atoms with Crippen LogP contribution in [-0.2, 0) is 9.47 Å². The Morgan fingerprint density at radius 2 is 1.38 bits per heavy atom. The molecular weight excluding hydrogens is 328 g/mol. The topological polar surface area (TPSA) is 42.0 Å². The van der Waals surface area contributed by atoms with E-state index in [9.17, 15) is 4.79 Å². The molecule has 142 valence electrons. The highest BCUT2D eigenvalue weighted by molar-refractivity contribution is 6.03. The van der Waals surface area contributed by atoms with Gasteiger partial charge in [-0.05, 0) is 37.1 Å². The minimum atomic E-state index is -0.317. The Bertz CT molecular complexity index is 598. The van der Waals surface area contributed by atoms with Crippen LogP contribution in [0.3, 0.4) is 0 Å². The number of nitrogens with zero attached hydrogens (tertiary/aromatic N) is 2. The van der Waals surface area contributed by atoms with E-state index in [1.165, 1.54) is 12.1 Å². The van der Waals surface area contributed by atoms with Gasteiger partial charge in [0.05, 0.1) is 32.0 Å². The van der Waals surface area contributed by atoms with Crippen molar-refractivity contribution in [2.75, 3.05) is 57.5 Å². The first-order chi connectivity index (χ1) is 12.8. The number of carbonyl (C=O) groups is 1. The molecule has 5 nitrogen and oxygen atoms in total. The van der Waals surface area contributed by atoms with Crippen molar-refractivity contribution in [2.45, 2.75) is 37.6 Å². The average molecular weight is 358 g/mol. The fraction of sp³-hybridized carbons (Fsp3) is 0.667. The number of ether oxygens (including phenoxy) is 2. The summed E-state index contributed by atoms with van der Waals surface area (Å²) in [5.74, 6) is 0.313. The number of morpholine rings is 2. The minimum Gasteiger partial charge on any atom is -0.379 e. The first-order valence-corrected chi connectivity index (χ1v) is 10.1. The van der Waals surface area contributed by atoms with E-state index < -0.39 is 0 Å². The minimum absolute atomic E-state index is 0.313. The first-order valence-electron chi connectivity index (χ1n) is 10.1. The Labute approximate surface area is 156 Å². The summed E-state index contributed by atoms with van der Waals surface area (Å²) >= 11 is 0. The molecule has 0 unspecified atom stereocenters. The summed E-state index contributed by atoms with van der Waals surface area (Å²) in [5.41, 5.74) is 1.73. The summed E-state index contributed by atoms with van der Waals surface area (Å²) in [5, 5.41) is 0. The van der Waals surface area contributed by atoms with Gasteiger partial charge in [0.1, 0.15) is 0 Å². The molecule has 4 rings (SSSR count). The second-order valence-corrected chi connectivity index (χ2v) is 7.67. The van der Waals surface area contributed by atoms with Crippen LogP contribution in [0, 0.1) is 0 Å². The maximum absolute atomic E-state index is 13.6. The molecule has 0 atom stereocenters. The van der Waals surface area contributed by atoms with Crippen molar-refractivity contribution in [3.63, 3.8) is 0 Å². The van der Waals surface area contributed by atoms with E-state index in [0.29, 0.717) is 5.78 Å². The molecule has 0 bridgehead atoms. The third kappa shape index (κ3) is 3.53. The van der Waals surface area contributed by atoms with Crippen molar-refractivity contribution in [1.29, 1.82) is 0 Å². The number of Topliss-reactive ketones (excluding diaryl/α,β-unsaturated/α-hetero) is 1. The molecule has 2 heterocycles. The molecule has 1 aliphatic carbocycles. The summed E-state index contributed by atoms with van der Waals surface area (Å²) in [6.45, 7) is 6.63. The number of hydrogen-bond acceptors (Lipinski definition) is 5.